The molecule has 0 spiro atoms. The topological polar surface area (TPSA) is 50.4 Å². The molecule has 5 heteroatoms. The molecule has 0 bridgehead atoms. The second-order valence-corrected chi connectivity index (χ2v) is 5.92. The van der Waals surface area contributed by atoms with E-state index in [0.29, 0.717) is 25.0 Å². The Morgan fingerprint density at radius 1 is 1.36 bits per heavy atom. The summed E-state index contributed by atoms with van der Waals surface area (Å²) >= 11 is 0. The highest BCUT2D eigenvalue weighted by molar-refractivity contribution is 5.85. The summed E-state index contributed by atoms with van der Waals surface area (Å²) < 4.78 is 5.61. The SMILES string of the molecule is CC(C)c1ccc(OCCC(=O)NCC2CCCN2)cc1.Cl. The Hall–Kier alpha value is -1.26. The summed E-state index contributed by atoms with van der Waals surface area (Å²) in [5, 5.41) is 6.32. The minimum absolute atomic E-state index is 0. The van der Waals surface area contributed by atoms with E-state index >= 15 is 0 Å². The Bertz CT molecular complexity index is 442. The zero-order valence-corrected chi connectivity index (χ0v) is 14.2. The maximum atomic E-state index is 11.7. The molecule has 0 saturated carbocycles. The summed E-state index contributed by atoms with van der Waals surface area (Å²) in [7, 11) is 0. The van der Waals surface area contributed by atoms with Gasteiger partial charge in [-0.15, -0.1) is 12.4 Å². The van der Waals surface area contributed by atoms with E-state index < -0.39 is 0 Å². The van der Waals surface area contributed by atoms with Crippen LogP contribution in [0.5, 0.6) is 5.75 Å². The molecule has 1 fully saturated rings. The van der Waals surface area contributed by atoms with E-state index in [4.69, 9.17) is 4.74 Å². The fourth-order valence-corrected chi connectivity index (χ4v) is 2.47. The average Bonchev–Trinajstić information content (AvgIpc) is 2.99. The number of nitrogens with one attached hydrogen (secondary N) is 2. The summed E-state index contributed by atoms with van der Waals surface area (Å²) in [5.74, 6) is 1.40. The van der Waals surface area contributed by atoms with Gasteiger partial charge in [0, 0.05) is 12.6 Å². The third-order valence-electron chi connectivity index (χ3n) is 3.85. The van der Waals surface area contributed by atoms with Crippen LogP contribution in [0, 0.1) is 0 Å². The molecule has 2 N–H and O–H groups in total. The smallest absolute Gasteiger partial charge is 0.223 e. The van der Waals surface area contributed by atoms with Gasteiger partial charge >= 0.3 is 0 Å². The van der Waals surface area contributed by atoms with Crippen LogP contribution in [0.3, 0.4) is 0 Å². The second-order valence-electron chi connectivity index (χ2n) is 5.92. The van der Waals surface area contributed by atoms with Gasteiger partial charge in [0.25, 0.3) is 0 Å². The number of carbonyl (C=O) groups is 1. The van der Waals surface area contributed by atoms with Crippen LogP contribution in [-0.4, -0.2) is 31.6 Å². The lowest BCUT2D eigenvalue weighted by Gasteiger charge is -2.12. The summed E-state index contributed by atoms with van der Waals surface area (Å²) in [6, 6.07) is 8.53. The first-order chi connectivity index (χ1) is 10.1. The van der Waals surface area contributed by atoms with Gasteiger partial charge in [0.1, 0.15) is 5.75 Å². The zero-order chi connectivity index (χ0) is 15.1. The molecule has 0 aromatic heterocycles. The molecule has 2 rings (SSSR count). The predicted octanol–water partition coefficient (Wildman–Crippen LogP) is 2.87. The van der Waals surface area contributed by atoms with E-state index in [1.54, 1.807) is 0 Å². The van der Waals surface area contributed by atoms with Crippen molar-refractivity contribution in [1.82, 2.24) is 10.6 Å². The number of hydrogen-bond acceptors (Lipinski definition) is 3. The molecule has 1 aromatic rings. The van der Waals surface area contributed by atoms with E-state index in [1.807, 2.05) is 12.1 Å². The number of hydrogen-bond donors (Lipinski definition) is 2. The van der Waals surface area contributed by atoms with Crippen molar-refractivity contribution in [2.24, 2.45) is 0 Å². The van der Waals surface area contributed by atoms with Crippen LogP contribution in [0.25, 0.3) is 0 Å². The lowest BCUT2D eigenvalue weighted by Crippen LogP contribution is -2.37. The minimum atomic E-state index is 0. The van der Waals surface area contributed by atoms with Crippen molar-refractivity contribution >= 4 is 18.3 Å². The molecule has 0 radical (unpaired) electrons. The number of halogens is 1. The summed E-state index contributed by atoms with van der Waals surface area (Å²) in [6.45, 7) is 6.54. The largest absolute Gasteiger partial charge is 0.493 e. The molecule has 22 heavy (non-hydrogen) atoms. The third-order valence-corrected chi connectivity index (χ3v) is 3.85. The fourth-order valence-electron chi connectivity index (χ4n) is 2.47. The van der Waals surface area contributed by atoms with Gasteiger partial charge in [-0.1, -0.05) is 26.0 Å². The first-order valence-corrected chi connectivity index (χ1v) is 7.88. The Kier molecular flexibility index (Phi) is 8.28. The lowest BCUT2D eigenvalue weighted by atomic mass is 10.0. The van der Waals surface area contributed by atoms with E-state index in [2.05, 4.69) is 36.6 Å². The lowest BCUT2D eigenvalue weighted by molar-refractivity contribution is -0.121. The van der Waals surface area contributed by atoms with Gasteiger partial charge in [0.15, 0.2) is 0 Å². The van der Waals surface area contributed by atoms with E-state index in [-0.39, 0.29) is 18.3 Å². The average molecular weight is 327 g/mol. The monoisotopic (exact) mass is 326 g/mol. The van der Waals surface area contributed by atoms with Crippen molar-refractivity contribution in [2.75, 3.05) is 19.7 Å². The van der Waals surface area contributed by atoms with Crippen molar-refractivity contribution < 1.29 is 9.53 Å². The summed E-state index contributed by atoms with van der Waals surface area (Å²) in [6.07, 6.45) is 2.76. The molecule has 1 atom stereocenters. The van der Waals surface area contributed by atoms with Gasteiger partial charge < -0.3 is 15.4 Å². The highest BCUT2D eigenvalue weighted by atomic mass is 35.5. The Labute approximate surface area is 139 Å². The normalized spacial score (nSPS) is 17.1. The van der Waals surface area contributed by atoms with Crippen molar-refractivity contribution in [3.05, 3.63) is 29.8 Å². The van der Waals surface area contributed by atoms with Gasteiger partial charge in [-0.3, -0.25) is 4.79 Å². The van der Waals surface area contributed by atoms with Gasteiger partial charge in [0.05, 0.1) is 13.0 Å². The van der Waals surface area contributed by atoms with Crippen LogP contribution < -0.4 is 15.4 Å². The summed E-state index contributed by atoms with van der Waals surface area (Å²) in [4.78, 5) is 11.7. The van der Waals surface area contributed by atoms with Gasteiger partial charge in [-0.2, -0.15) is 0 Å². The third kappa shape index (κ3) is 6.24. The first kappa shape index (κ1) is 18.8. The Morgan fingerprint density at radius 3 is 2.68 bits per heavy atom. The Balaban J connectivity index is 0.00000242. The molecule has 1 aliphatic heterocycles. The minimum Gasteiger partial charge on any atom is -0.493 e. The highest BCUT2D eigenvalue weighted by Crippen LogP contribution is 2.18. The number of benzene rings is 1. The van der Waals surface area contributed by atoms with Crippen LogP contribution in [0.1, 0.15) is 44.6 Å². The molecule has 4 nitrogen and oxygen atoms in total. The van der Waals surface area contributed by atoms with Crippen LogP contribution in [0.2, 0.25) is 0 Å². The number of rotatable bonds is 7. The summed E-state index contributed by atoms with van der Waals surface area (Å²) in [5.41, 5.74) is 1.30. The van der Waals surface area contributed by atoms with E-state index in [0.717, 1.165) is 25.3 Å². The molecule has 1 saturated heterocycles. The van der Waals surface area contributed by atoms with Gasteiger partial charge in [0.2, 0.25) is 5.91 Å². The number of amides is 1. The first-order valence-electron chi connectivity index (χ1n) is 7.88. The molecule has 1 aromatic carbocycles. The molecule has 124 valence electrons. The molecule has 0 aliphatic carbocycles. The van der Waals surface area contributed by atoms with E-state index in [9.17, 15) is 4.79 Å². The maximum Gasteiger partial charge on any atom is 0.223 e. The molecular weight excluding hydrogens is 300 g/mol. The van der Waals surface area contributed by atoms with Crippen molar-refractivity contribution in [3.8, 4) is 5.75 Å². The maximum absolute atomic E-state index is 11.7. The van der Waals surface area contributed by atoms with Crippen molar-refractivity contribution in [2.45, 2.75) is 45.1 Å². The van der Waals surface area contributed by atoms with Crippen LogP contribution in [0.4, 0.5) is 0 Å². The molecule has 1 unspecified atom stereocenters. The highest BCUT2D eigenvalue weighted by Gasteiger charge is 2.14. The van der Waals surface area contributed by atoms with Crippen LogP contribution in [0.15, 0.2) is 24.3 Å². The molecule has 1 aliphatic rings. The molecule has 1 heterocycles. The quantitative estimate of drug-likeness (QED) is 0.810. The van der Waals surface area contributed by atoms with Crippen LogP contribution >= 0.6 is 12.4 Å². The van der Waals surface area contributed by atoms with Gasteiger partial charge in [-0.25, -0.2) is 0 Å². The molecular formula is C17H27ClN2O2. The predicted molar refractivity (Wildman–Crippen MR) is 91.9 cm³/mol. The van der Waals surface area contributed by atoms with Gasteiger partial charge in [-0.05, 0) is 43.0 Å². The zero-order valence-electron chi connectivity index (χ0n) is 13.4. The second kappa shape index (κ2) is 9.70. The standard InChI is InChI=1S/C17H26N2O2.ClH/c1-13(2)14-5-7-16(8-6-14)21-11-9-17(20)19-12-15-4-3-10-18-15;/h5-8,13,15,18H,3-4,9-12H2,1-2H3,(H,19,20);1H. The van der Waals surface area contributed by atoms with E-state index in [1.165, 1.54) is 12.0 Å². The van der Waals surface area contributed by atoms with Crippen molar-refractivity contribution in [3.63, 3.8) is 0 Å². The van der Waals surface area contributed by atoms with Crippen molar-refractivity contribution in [1.29, 1.82) is 0 Å². The Morgan fingerprint density at radius 2 is 2.09 bits per heavy atom. The fraction of sp³-hybridized carbons (Fsp3) is 0.588. The number of carbonyl (C=O) groups excluding carboxylic acids is 1. The van der Waals surface area contributed by atoms with Crippen LogP contribution in [-0.2, 0) is 4.79 Å². The number of ether oxygens (including phenoxy) is 1. The molecule has 1 amide bonds.